The Balaban J connectivity index is 2.24. The molecule has 0 fully saturated rings. The average molecular weight is 276 g/mol. The molecule has 3 nitrogen and oxygen atoms in total. The third-order valence-corrected chi connectivity index (χ3v) is 2.66. The van der Waals surface area contributed by atoms with Crippen LogP contribution in [0.25, 0.3) is 0 Å². The lowest BCUT2D eigenvalue weighted by Gasteiger charge is -2.12. The van der Waals surface area contributed by atoms with E-state index in [1.54, 1.807) is 6.20 Å². The first-order valence-corrected chi connectivity index (χ1v) is 6.24. The zero-order valence-electron chi connectivity index (χ0n) is 10.9. The fourth-order valence-corrected chi connectivity index (χ4v) is 1.58. The van der Waals surface area contributed by atoms with Gasteiger partial charge in [0, 0.05) is 31.0 Å². The maximum absolute atomic E-state index is 11.8. The molecular weight excluding hydrogens is 257 g/mol. The van der Waals surface area contributed by atoms with Crippen molar-refractivity contribution in [2.45, 2.75) is 38.4 Å². The van der Waals surface area contributed by atoms with Crippen molar-refractivity contribution in [3.05, 3.63) is 29.6 Å². The molecule has 6 heteroatoms. The summed E-state index contributed by atoms with van der Waals surface area (Å²) in [6.45, 7) is 0.831. The molecular formula is C13H19F3N2O. The van der Waals surface area contributed by atoms with Gasteiger partial charge >= 0.3 is 6.18 Å². The molecule has 0 aliphatic carbocycles. The largest absolute Gasteiger partial charge is 0.411 e. The van der Waals surface area contributed by atoms with Crippen LogP contribution >= 0.6 is 0 Å². The van der Waals surface area contributed by atoms with E-state index in [9.17, 15) is 13.2 Å². The number of alkyl halides is 3. The Morgan fingerprint density at radius 1 is 1.37 bits per heavy atom. The van der Waals surface area contributed by atoms with Crippen LogP contribution in [0.3, 0.4) is 0 Å². The molecule has 1 atom stereocenters. The highest BCUT2D eigenvalue weighted by molar-refractivity contribution is 5.14. The highest BCUT2D eigenvalue weighted by Crippen LogP contribution is 2.14. The monoisotopic (exact) mass is 276 g/mol. The molecule has 0 aromatic carbocycles. The van der Waals surface area contributed by atoms with Crippen LogP contribution in [0.4, 0.5) is 13.2 Å². The molecule has 0 spiro atoms. The van der Waals surface area contributed by atoms with Crippen LogP contribution in [0.15, 0.2) is 18.3 Å². The first-order chi connectivity index (χ1) is 8.90. The minimum absolute atomic E-state index is 0.00766. The van der Waals surface area contributed by atoms with Gasteiger partial charge in [-0.05, 0) is 24.5 Å². The molecule has 0 saturated heterocycles. The third kappa shape index (κ3) is 7.12. The number of halogens is 3. The highest BCUT2D eigenvalue weighted by atomic mass is 19.4. The summed E-state index contributed by atoms with van der Waals surface area (Å²) in [5.74, 6) is 0. The van der Waals surface area contributed by atoms with Gasteiger partial charge in [-0.2, -0.15) is 13.2 Å². The van der Waals surface area contributed by atoms with E-state index in [1.807, 2.05) is 19.1 Å². The quantitative estimate of drug-likeness (QED) is 0.778. The van der Waals surface area contributed by atoms with Crippen LogP contribution in [-0.2, 0) is 17.6 Å². The summed E-state index contributed by atoms with van der Waals surface area (Å²) in [5.41, 5.74) is 7.82. The summed E-state index contributed by atoms with van der Waals surface area (Å²) in [6.07, 6.45) is -0.638. The van der Waals surface area contributed by atoms with E-state index >= 15 is 0 Å². The Morgan fingerprint density at radius 3 is 2.63 bits per heavy atom. The Morgan fingerprint density at radius 2 is 2.11 bits per heavy atom. The number of aromatic nitrogens is 1. The van der Waals surface area contributed by atoms with Crippen molar-refractivity contribution in [1.29, 1.82) is 0 Å². The van der Waals surface area contributed by atoms with Gasteiger partial charge in [-0.1, -0.05) is 13.0 Å². The Bertz CT molecular complexity index is 365. The smallest absolute Gasteiger partial charge is 0.372 e. The lowest BCUT2D eigenvalue weighted by molar-refractivity contribution is -0.174. The fraction of sp³-hybridized carbons (Fsp3) is 0.615. The second-order valence-corrected chi connectivity index (χ2v) is 4.43. The maximum Gasteiger partial charge on any atom is 0.411 e. The first kappa shape index (κ1) is 15.9. The minimum Gasteiger partial charge on any atom is -0.372 e. The summed E-state index contributed by atoms with van der Waals surface area (Å²) in [6, 6.07) is 3.64. The van der Waals surface area contributed by atoms with Gasteiger partial charge in [-0.3, -0.25) is 4.98 Å². The van der Waals surface area contributed by atoms with E-state index in [1.165, 1.54) is 0 Å². The van der Waals surface area contributed by atoms with E-state index in [2.05, 4.69) is 9.72 Å². The fourth-order valence-electron chi connectivity index (χ4n) is 1.58. The SMILES string of the molecule is CCc1ccc(CC(N)CCOCC(F)(F)F)nc1. The molecule has 0 aliphatic heterocycles. The number of rotatable bonds is 7. The van der Waals surface area contributed by atoms with Gasteiger partial charge in [0.05, 0.1) is 0 Å². The molecule has 0 amide bonds. The summed E-state index contributed by atoms with van der Waals surface area (Å²) in [5, 5.41) is 0. The number of pyridine rings is 1. The van der Waals surface area contributed by atoms with Crippen molar-refractivity contribution in [1.82, 2.24) is 4.98 Å². The first-order valence-electron chi connectivity index (χ1n) is 6.24. The van der Waals surface area contributed by atoms with E-state index < -0.39 is 12.8 Å². The third-order valence-electron chi connectivity index (χ3n) is 2.66. The predicted octanol–water partition coefficient (Wildman–Crippen LogP) is 2.48. The molecule has 1 rings (SSSR count). The second kappa shape index (κ2) is 7.45. The number of hydrogen-bond acceptors (Lipinski definition) is 3. The van der Waals surface area contributed by atoms with E-state index in [0.717, 1.165) is 17.7 Å². The number of nitrogens with two attached hydrogens (primary N) is 1. The van der Waals surface area contributed by atoms with Gasteiger partial charge in [0.25, 0.3) is 0 Å². The topological polar surface area (TPSA) is 48.1 Å². The van der Waals surface area contributed by atoms with Crippen LogP contribution in [0.2, 0.25) is 0 Å². The van der Waals surface area contributed by atoms with Crippen molar-refractivity contribution < 1.29 is 17.9 Å². The van der Waals surface area contributed by atoms with Crippen molar-refractivity contribution in [3.63, 3.8) is 0 Å². The molecule has 19 heavy (non-hydrogen) atoms. The van der Waals surface area contributed by atoms with Crippen LogP contribution in [0, 0.1) is 0 Å². The van der Waals surface area contributed by atoms with Crippen LogP contribution in [-0.4, -0.2) is 30.4 Å². The van der Waals surface area contributed by atoms with E-state index in [-0.39, 0.29) is 12.6 Å². The molecule has 0 saturated carbocycles. The average Bonchev–Trinajstić information content (AvgIpc) is 2.34. The van der Waals surface area contributed by atoms with Crippen LogP contribution in [0.5, 0.6) is 0 Å². The summed E-state index contributed by atoms with van der Waals surface area (Å²) < 4.78 is 40.0. The molecule has 0 bridgehead atoms. The van der Waals surface area contributed by atoms with E-state index in [4.69, 9.17) is 5.73 Å². The highest BCUT2D eigenvalue weighted by Gasteiger charge is 2.27. The Labute approximate surface area is 111 Å². The molecule has 2 N–H and O–H groups in total. The molecule has 0 radical (unpaired) electrons. The standard InChI is InChI=1S/C13H19F3N2O/c1-2-10-3-4-12(18-8-10)7-11(17)5-6-19-9-13(14,15)16/h3-4,8,11H,2,5-7,9,17H2,1H3. The molecule has 1 heterocycles. The Kier molecular flexibility index (Phi) is 6.24. The van der Waals surface area contributed by atoms with Gasteiger partial charge in [-0.15, -0.1) is 0 Å². The van der Waals surface area contributed by atoms with Crippen molar-refractivity contribution in [2.75, 3.05) is 13.2 Å². The van der Waals surface area contributed by atoms with Crippen LogP contribution in [0.1, 0.15) is 24.6 Å². The minimum atomic E-state index is -4.28. The predicted molar refractivity (Wildman–Crippen MR) is 66.8 cm³/mol. The summed E-state index contributed by atoms with van der Waals surface area (Å²) in [4.78, 5) is 4.26. The second-order valence-electron chi connectivity index (χ2n) is 4.43. The van der Waals surface area contributed by atoms with Gasteiger partial charge in [-0.25, -0.2) is 0 Å². The maximum atomic E-state index is 11.8. The van der Waals surface area contributed by atoms with Crippen molar-refractivity contribution in [2.24, 2.45) is 5.73 Å². The number of ether oxygens (including phenoxy) is 1. The number of hydrogen-bond donors (Lipinski definition) is 1. The molecule has 1 unspecified atom stereocenters. The Hall–Kier alpha value is -1.14. The van der Waals surface area contributed by atoms with Gasteiger partial charge in [0.1, 0.15) is 6.61 Å². The normalized spacial score (nSPS) is 13.5. The zero-order valence-corrected chi connectivity index (χ0v) is 10.9. The lowest BCUT2D eigenvalue weighted by Crippen LogP contribution is -2.26. The lowest BCUT2D eigenvalue weighted by atomic mass is 10.1. The van der Waals surface area contributed by atoms with Crippen molar-refractivity contribution >= 4 is 0 Å². The molecule has 0 aliphatic rings. The van der Waals surface area contributed by atoms with Gasteiger partial charge in [0.2, 0.25) is 0 Å². The molecule has 108 valence electrons. The van der Waals surface area contributed by atoms with Gasteiger partial charge in [0.15, 0.2) is 0 Å². The van der Waals surface area contributed by atoms with Crippen LogP contribution < -0.4 is 5.73 Å². The number of aryl methyl sites for hydroxylation is 1. The van der Waals surface area contributed by atoms with Gasteiger partial charge < -0.3 is 10.5 Å². The molecule has 1 aromatic heterocycles. The van der Waals surface area contributed by atoms with E-state index in [0.29, 0.717) is 12.8 Å². The van der Waals surface area contributed by atoms with Crippen molar-refractivity contribution in [3.8, 4) is 0 Å². The molecule has 1 aromatic rings. The number of nitrogens with zero attached hydrogens (tertiary/aromatic N) is 1. The summed E-state index contributed by atoms with van der Waals surface area (Å²) >= 11 is 0. The zero-order chi connectivity index (χ0) is 14.3. The summed E-state index contributed by atoms with van der Waals surface area (Å²) in [7, 11) is 0.